The zero-order chi connectivity index (χ0) is 22.7. The number of nitrogens with zero attached hydrogens (tertiary/aromatic N) is 2. The molecule has 1 saturated heterocycles. The minimum absolute atomic E-state index is 0.106. The number of hydrogen-bond donors (Lipinski definition) is 2. The molecule has 2 rings (SSSR count). The van der Waals surface area contributed by atoms with Crippen LogP contribution in [0.25, 0.3) is 0 Å². The van der Waals surface area contributed by atoms with E-state index < -0.39 is 41.2 Å². The van der Waals surface area contributed by atoms with Crippen LogP contribution in [0.2, 0.25) is 0 Å². The van der Waals surface area contributed by atoms with Gasteiger partial charge in [0, 0.05) is 25.7 Å². The molecule has 0 spiro atoms. The Hall–Kier alpha value is -3.06. The molecule has 30 heavy (non-hydrogen) atoms. The monoisotopic (exact) mass is 442 g/mol. The van der Waals surface area contributed by atoms with Crippen LogP contribution < -0.4 is 15.5 Å². The number of nitro groups is 1. The molecule has 166 valence electrons. The molecule has 0 saturated carbocycles. The average Bonchev–Trinajstić information content (AvgIpc) is 2.65. The molecule has 1 heterocycles. The third kappa shape index (κ3) is 5.51. The van der Waals surface area contributed by atoms with Gasteiger partial charge in [-0.05, 0) is 18.9 Å². The van der Waals surface area contributed by atoms with Gasteiger partial charge in [-0.25, -0.2) is 0 Å². The average molecular weight is 442 g/mol. The molecule has 0 atom stereocenters. The van der Waals surface area contributed by atoms with Gasteiger partial charge in [-0.2, -0.15) is 26.3 Å². The van der Waals surface area contributed by atoms with E-state index in [1.165, 1.54) is 34.5 Å². The zero-order valence-electron chi connectivity index (χ0n) is 15.1. The van der Waals surface area contributed by atoms with Crippen molar-refractivity contribution < 1.29 is 40.9 Å². The largest absolute Gasteiger partial charge is 0.471 e. The number of rotatable bonds is 5. The Morgan fingerprint density at radius 1 is 1.03 bits per heavy atom. The van der Waals surface area contributed by atoms with Gasteiger partial charge in [0.2, 0.25) is 0 Å². The molecule has 0 aromatic heterocycles. The lowest BCUT2D eigenvalue weighted by atomic mass is 9.86. The van der Waals surface area contributed by atoms with Crippen molar-refractivity contribution in [3.05, 3.63) is 34.4 Å². The van der Waals surface area contributed by atoms with E-state index in [2.05, 4.69) is 0 Å². The molecule has 2 amide bonds. The van der Waals surface area contributed by atoms with E-state index in [9.17, 15) is 46.0 Å². The van der Waals surface area contributed by atoms with Crippen LogP contribution >= 0.6 is 0 Å². The molecule has 0 radical (unpaired) electrons. The first kappa shape index (κ1) is 23.2. The highest BCUT2D eigenvalue weighted by molar-refractivity contribution is 5.83. The van der Waals surface area contributed by atoms with Crippen molar-refractivity contribution in [3.63, 3.8) is 0 Å². The van der Waals surface area contributed by atoms with E-state index in [0.29, 0.717) is 0 Å². The summed E-state index contributed by atoms with van der Waals surface area (Å²) in [6, 6.07) is 5.59. The number of amides is 2. The van der Waals surface area contributed by atoms with Gasteiger partial charge in [-0.3, -0.25) is 19.7 Å². The predicted octanol–water partition coefficient (Wildman–Crippen LogP) is 2.29. The van der Waals surface area contributed by atoms with Crippen LogP contribution in [-0.4, -0.2) is 54.3 Å². The van der Waals surface area contributed by atoms with Crippen LogP contribution in [0.5, 0.6) is 0 Å². The lowest BCUT2D eigenvalue weighted by Gasteiger charge is -2.43. The van der Waals surface area contributed by atoms with E-state index in [1.807, 2.05) is 0 Å². The first-order chi connectivity index (χ1) is 13.8. The maximum Gasteiger partial charge on any atom is 0.471 e. The fourth-order valence-electron chi connectivity index (χ4n) is 3.07. The Kier molecular flexibility index (Phi) is 6.47. The number of para-hydroxylation sites is 2. The van der Waals surface area contributed by atoms with Crippen molar-refractivity contribution in [2.24, 2.45) is 0 Å². The highest BCUT2D eigenvalue weighted by Gasteiger charge is 2.47. The van der Waals surface area contributed by atoms with Crippen molar-refractivity contribution in [2.75, 3.05) is 24.5 Å². The molecule has 8 nitrogen and oxygen atoms in total. The van der Waals surface area contributed by atoms with Gasteiger partial charge in [-0.15, -0.1) is 0 Å². The number of hydrogen-bond acceptors (Lipinski definition) is 5. The molecule has 14 heteroatoms. The maximum absolute atomic E-state index is 12.7. The summed E-state index contributed by atoms with van der Waals surface area (Å²) >= 11 is 0. The summed E-state index contributed by atoms with van der Waals surface area (Å²) in [6.07, 6.45) is -11.1. The van der Waals surface area contributed by atoms with Crippen LogP contribution in [-0.2, 0) is 9.59 Å². The summed E-state index contributed by atoms with van der Waals surface area (Å²) in [7, 11) is 0. The quantitative estimate of drug-likeness (QED) is 0.414. The van der Waals surface area contributed by atoms with E-state index in [0.717, 1.165) is 0 Å². The molecular weight excluding hydrogens is 426 g/mol. The van der Waals surface area contributed by atoms with Crippen LogP contribution in [0, 0.1) is 10.1 Å². The van der Waals surface area contributed by atoms with E-state index >= 15 is 0 Å². The van der Waals surface area contributed by atoms with Gasteiger partial charge < -0.3 is 15.5 Å². The minimum Gasteiger partial charge on any atom is -0.366 e. The van der Waals surface area contributed by atoms with Crippen LogP contribution in [0.1, 0.15) is 12.8 Å². The summed E-state index contributed by atoms with van der Waals surface area (Å²) in [5.41, 5.74) is -1.89. The molecular formula is C16H16F6N4O4. The summed E-state index contributed by atoms with van der Waals surface area (Å²) in [6.45, 7) is -1.10. The third-order valence-electron chi connectivity index (χ3n) is 4.62. The molecule has 2 N–H and O–H groups in total. The highest BCUT2D eigenvalue weighted by atomic mass is 19.4. The molecule has 1 aromatic rings. The minimum atomic E-state index is -5.28. The second-order valence-electron chi connectivity index (χ2n) is 6.65. The number of benzene rings is 1. The molecule has 0 unspecified atom stereocenters. The molecule has 1 aliphatic rings. The van der Waals surface area contributed by atoms with Crippen molar-refractivity contribution in [2.45, 2.75) is 30.7 Å². The van der Waals surface area contributed by atoms with Crippen LogP contribution in [0.15, 0.2) is 24.3 Å². The summed E-state index contributed by atoms with van der Waals surface area (Å²) in [5.74, 6) is -4.72. The smallest absolute Gasteiger partial charge is 0.366 e. The van der Waals surface area contributed by atoms with Gasteiger partial charge in [-0.1, -0.05) is 12.1 Å². The second-order valence-corrected chi connectivity index (χ2v) is 6.65. The SMILES string of the molecule is O=C(NCC1(NC(=O)C(F)(F)F)CCN(c2ccccc2[N+](=O)[O-])CC1)C(F)(F)F. The Morgan fingerprint density at radius 3 is 2.07 bits per heavy atom. The second kappa shape index (κ2) is 8.36. The number of carbonyl (C=O) groups is 2. The number of carbonyl (C=O) groups excluding carboxylic acids is 2. The Balaban J connectivity index is 2.21. The zero-order valence-corrected chi connectivity index (χ0v) is 15.1. The number of nitrogens with one attached hydrogen (secondary N) is 2. The van der Waals surface area contributed by atoms with Crippen molar-refractivity contribution >= 4 is 23.2 Å². The molecule has 1 fully saturated rings. The standard InChI is InChI=1S/C16H16F6N4O4/c17-15(18,19)12(27)23-9-14(24-13(28)16(20,21)22)5-7-25(8-6-14)10-3-1-2-4-11(10)26(29)30/h1-4H,5-9H2,(H,23,27)(H,24,28). The summed E-state index contributed by atoms with van der Waals surface area (Å²) < 4.78 is 75.3. The topological polar surface area (TPSA) is 105 Å². The first-order valence-electron chi connectivity index (χ1n) is 8.48. The fraction of sp³-hybridized carbons (Fsp3) is 0.500. The van der Waals surface area contributed by atoms with Crippen LogP contribution in [0.4, 0.5) is 37.7 Å². The van der Waals surface area contributed by atoms with E-state index in [4.69, 9.17) is 0 Å². The Morgan fingerprint density at radius 2 is 1.57 bits per heavy atom. The summed E-state index contributed by atoms with van der Waals surface area (Å²) in [4.78, 5) is 34.5. The lowest BCUT2D eigenvalue weighted by molar-refractivity contribution is -0.384. The predicted molar refractivity (Wildman–Crippen MR) is 90.5 cm³/mol. The van der Waals surface area contributed by atoms with Crippen molar-refractivity contribution in [1.29, 1.82) is 0 Å². The third-order valence-corrected chi connectivity index (χ3v) is 4.62. The highest BCUT2D eigenvalue weighted by Crippen LogP contribution is 2.33. The van der Waals surface area contributed by atoms with E-state index in [-0.39, 0.29) is 37.3 Å². The van der Waals surface area contributed by atoms with Gasteiger partial charge in [0.1, 0.15) is 5.69 Å². The van der Waals surface area contributed by atoms with Gasteiger partial charge in [0.25, 0.3) is 5.69 Å². The van der Waals surface area contributed by atoms with Gasteiger partial charge in [0.15, 0.2) is 0 Å². The molecule has 0 aliphatic carbocycles. The lowest BCUT2D eigenvalue weighted by Crippen LogP contribution is -2.63. The fourth-order valence-corrected chi connectivity index (χ4v) is 3.07. The molecule has 0 bridgehead atoms. The number of halogens is 6. The van der Waals surface area contributed by atoms with Gasteiger partial charge in [0.05, 0.1) is 10.5 Å². The van der Waals surface area contributed by atoms with Crippen molar-refractivity contribution in [3.8, 4) is 0 Å². The van der Waals surface area contributed by atoms with Crippen LogP contribution in [0.3, 0.4) is 0 Å². The number of anilines is 1. The molecule has 1 aliphatic heterocycles. The maximum atomic E-state index is 12.7. The van der Waals surface area contributed by atoms with Gasteiger partial charge >= 0.3 is 24.2 Å². The number of nitro benzene ring substituents is 1. The Labute approximate surface area is 165 Å². The van der Waals surface area contributed by atoms with E-state index in [1.54, 1.807) is 5.32 Å². The first-order valence-corrected chi connectivity index (χ1v) is 8.48. The normalized spacial score (nSPS) is 16.7. The van der Waals surface area contributed by atoms with Crippen molar-refractivity contribution in [1.82, 2.24) is 10.6 Å². The molecule has 1 aromatic carbocycles. The number of alkyl halides is 6. The number of piperidine rings is 1. The Bertz CT molecular complexity index is 819. The summed E-state index contributed by atoms with van der Waals surface area (Å²) in [5, 5.41) is 14.3.